The molecule has 0 spiro atoms. The van der Waals surface area contributed by atoms with Gasteiger partial charge in [-0.2, -0.15) is 13.2 Å². The van der Waals surface area contributed by atoms with Crippen LogP contribution in [0.1, 0.15) is 6.92 Å². The van der Waals surface area contributed by atoms with E-state index in [0.29, 0.717) is 0 Å². The van der Waals surface area contributed by atoms with Crippen LogP contribution >= 0.6 is 0 Å². The van der Waals surface area contributed by atoms with Crippen molar-refractivity contribution in [3.8, 4) is 0 Å². The summed E-state index contributed by atoms with van der Waals surface area (Å²) in [7, 11) is -1.90. The molecule has 0 fully saturated rings. The van der Waals surface area contributed by atoms with Crippen molar-refractivity contribution in [3.63, 3.8) is 0 Å². The second kappa shape index (κ2) is 7.14. The van der Waals surface area contributed by atoms with Gasteiger partial charge in [0.15, 0.2) is 0 Å². The molecule has 0 radical (unpaired) electrons. The van der Waals surface area contributed by atoms with Crippen LogP contribution in [0.4, 0.5) is 13.2 Å². The summed E-state index contributed by atoms with van der Waals surface area (Å²) in [5, 5.41) is 2.04. The van der Waals surface area contributed by atoms with Crippen LogP contribution in [0.3, 0.4) is 0 Å². The third-order valence-electron chi connectivity index (χ3n) is 1.84. The van der Waals surface area contributed by atoms with E-state index in [4.69, 9.17) is 0 Å². The monoisotopic (exact) mass is 278 g/mol. The van der Waals surface area contributed by atoms with Gasteiger partial charge in [0.2, 0.25) is 10.0 Å². The van der Waals surface area contributed by atoms with E-state index in [0.717, 1.165) is 0 Å². The molecule has 0 saturated carbocycles. The molecule has 0 heterocycles. The minimum Gasteiger partial charge on any atom is -0.371 e. The fourth-order valence-corrected chi connectivity index (χ4v) is 2.02. The van der Waals surface area contributed by atoms with Crippen molar-refractivity contribution >= 4 is 10.0 Å². The van der Waals surface area contributed by atoms with Crippen LogP contribution < -0.4 is 10.0 Å². The predicted molar refractivity (Wildman–Crippen MR) is 57.2 cm³/mol. The van der Waals surface area contributed by atoms with E-state index in [9.17, 15) is 21.6 Å². The molecule has 0 aliphatic heterocycles. The Bertz CT molecular complexity index is 306. The number of nitrogens with one attached hydrogen (secondary N) is 2. The van der Waals surface area contributed by atoms with E-state index in [1.165, 1.54) is 6.92 Å². The Balaban J connectivity index is 3.81. The molecule has 1 unspecified atom stereocenters. The van der Waals surface area contributed by atoms with E-state index in [-0.39, 0.29) is 19.7 Å². The summed E-state index contributed by atoms with van der Waals surface area (Å²) in [5.41, 5.74) is 0. The Morgan fingerprint density at radius 3 is 2.41 bits per heavy atom. The van der Waals surface area contributed by atoms with Crippen molar-refractivity contribution in [2.45, 2.75) is 18.3 Å². The molecule has 5 nitrogen and oxygen atoms in total. The number of sulfonamides is 1. The molecule has 2 N–H and O–H groups in total. The largest absolute Gasteiger partial charge is 0.411 e. The number of ether oxygens (including phenoxy) is 1. The second-order valence-corrected chi connectivity index (χ2v) is 5.66. The highest BCUT2D eigenvalue weighted by Gasteiger charge is 2.27. The SMILES string of the molecule is CNCC(C)S(=O)(=O)NCCOCC(F)(F)F. The first-order valence-corrected chi connectivity index (χ1v) is 6.51. The third kappa shape index (κ3) is 8.36. The molecule has 0 aliphatic carbocycles. The van der Waals surface area contributed by atoms with Crippen LogP contribution in [0.5, 0.6) is 0 Å². The predicted octanol–water partition coefficient (Wildman–Crippen LogP) is 0.0926. The van der Waals surface area contributed by atoms with E-state index < -0.39 is 28.1 Å². The van der Waals surface area contributed by atoms with Gasteiger partial charge in [-0.3, -0.25) is 0 Å². The van der Waals surface area contributed by atoms with Crippen molar-refractivity contribution in [1.82, 2.24) is 10.0 Å². The first-order valence-electron chi connectivity index (χ1n) is 4.96. The summed E-state index contributed by atoms with van der Waals surface area (Å²) in [5.74, 6) is 0. The number of rotatable bonds is 8. The lowest BCUT2D eigenvalue weighted by atomic mass is 10.5. The van der Waals surface area contributed by atoms with Crippen LogP contribution in [0, 0.1) is 0 Å². The zero-order chi connectivity index (χ0) is 13.5. The average Bonchev–Trinajstić information content (AvgIpc) is 2.15. The maximum atomic E-state index is 11.7. The van der Waals surface area contributed by atoms with E-state index in [1.54, 1.807) is 7.05 Å². The first kappa shape index (κ1) is 16.6. The van der Waals surface area contributed by atoms with Gasteiger partial charge in [0.1, 0.15) is 6.61 Å². The Kier molecular flexibility index (Phi) is 6.98. The molecule has 0 aromatic heterocycles. The zero-order valence-electron chi connectivity index (χ0n) is 9.67. The normalized spacial score (nSPS) is 14.9. The molecule has 0 saturated heterocycles. The number of hydrogen-bond acceptors (Lipinski definition) is 4. The molecular weight excluding hydrogens is 261 g/mol. The maximum Gasteiger partial charge on any atom is 0.411 e. The van der Waals surface area contributed by atoms with E-state index >= 15 is 0 Å². The minimum absolute atomic E-state index is 0.174. The topological polar surface area (TPSA) is 67.4 Å². The van der Waals surface area contributed by atoms with E-state index in [2.05, 4.69) is 14.8 Å². The molecule has 17 heavy (non-hydrogen) atoms. The fraction of sp³-hybridized carbons (Fsp3) is 1.00. The smallest absolute Gasteiger partial charge is 0.371 e. The molecule has 0 amide bonds. The zero-order valence-corrected chi connectivity index (χ0v) is 10.5. The lowest BCUT2D eigenvalue weighted by Crippen LogP contribution is -2.39. The van der Waals surface area contributed by atoms with Gasteiger partial charge in [-0.15, -0.1) is 0 Å². The van der Waals surface area contributed by atoms with Gasteiger partial charge in [0, 0.05) is 13.1 Å². The molecule has 9 heteroatoms. The van der Waals surface area contributed by atoms with Gasteiger partial charge in [-0.1, -0.05) is 0 Å². The van der Waals surface area contributed by atoms with Crippen LogP contribution in [-0.4, -0.2) is 53.2 Å². The Hall–Kier alpha value is -0.380. The van der Waals surface area contributed by atoms with E-state index in [1.807, 2.05) is 0 Å². The van der Waals surface area contributed by atoms with Gasteiger partial charge < -0.3 is 10.1 Å². The lowest BCUT2D eigenvalue weighted by molar-refractivity contribution is -0.173. The molecule has 0 aromatic carbocycles. The van der Waals surface area contributed by atoms with Gasteiger partial charge >= 0.3 is 6.18 Å². The summed E-state index contributed by atoms with van der Waals surface area (Å²) in [6.07, 6.45) is -4.39. The molecular formula is C8H17F3N2O3S. The van der Waals surface area contributed by atoms with Gasteiger partial charge in [0.05, 0.1) is 11.9 Å². The molecule has 104 valence electrons. The summed E-state index contributed by atoms with van der Waals surface area (Å²) in [4.78, 5) is 0. The molecule has 0 aromatic rings. The highest BCUT2D eigenvalue weighted by Crippen LogP contribution is 2.13. The summed E-state index contributed by atoms with van der Waals surface area (Å²) >= 11 is 0. The summed E-state index contributed by atoms with van der Waals surface area (Å²) < 4.78 is 64.4. The van der Waals surface area contributed by atoms with Crippen molar-refractivity contribution in [1.29, 1.82) is 0 Å². The fourth-order valence-electron chi connectivity index (χ4n) is 0.983. The highest BCUT2D eigenvalue weighted by molar-refractivity contribution is 7.90. The lowest BCUT2D eigenvalue weighted by Gasteiger charge is -2.13. The van der Waals surface area contributed by atoms with Gasteiger partial charge in [-0.05, 0) is 14.0 Å². The van der Waals surface area contributed by atoms with Gasteiger partial charge in [-0.25, -0.2) is 13.1 Å². The second-order valence-electron chi connectivity index (χ2n) is 3.48. The average molecular weight is 278 g/mol. The van der Waals surface area contributed by atoms with Crippen molar-refractivity contribution in [2.75, 3.05) is 33.4 Å². The molecule has 0 aliphatic rings. The Labute approximate surface area is 98.8 Å². The minimum atomic E-state index is -4.39. The van der Waals surface area contributed by atoms with Crippen LogP contribution in [0.25, 0.3) is 0 Å². The van der Waals surface area contributed by atoms with Crippen LogP contribution in [0.2, 0.25) is 0 Å². The summed E-state index contributed by atoms with van der Waals surface area (Å²) in [6, 6.07) is 0. The summed E-state index contributed by atoms with van der Waals surface area (Å²) in [6.45, 7) is -0.105. The standard InChI is InChI=1S/C8H17F3N2O3S/c1-7(5-12-2)17(14,15)13-3-4-16-6-8(9,10)11/h7,12-13H,3-6H2,1-2H3. The third-order valence-corrected chi connectivity index (χ3v) is 3.67. The Morgan fingerprint density at radius 1 is 1.35 bits per heavy atom. The Morgan fingerprint density at radius 2 is 1.94 bits per heavy atom. The van der Waals surface area contributed by atoms with Crippen LogP contribution in [0.15, 0.2) is 0 Å². The van der Waals surface area contributed by atoms with Crippen molar-refractivity contribution in [3.05, 3.63) is 0 Å². The van der Waals surface area contributed by atoms with Crippen molar-refractivity contribution in [2.24, 2.45) is 0 Å². The molecule has 0 bridgehead atoms. The maximum absolute atomic E-state index is 11.7. The van der Waals surface area contributed by atoms with Crippen LogP contribution in [-0.2, 0) is 14.8 Å². The first-order chi connectivity index (χ1) is 7.69. The quantitative estimate of drug-likeness (QED) is 0.618. The van der Waals surface area contributed by atoms with Crippen molar-refractivity contribution < 1.29 is 26.3 Å². The number of halogens is 3. The highest BCUT2D eigenvalue weighted by atomic mass is 32.2. The molecule has 0 rings (SSSR count). The molecule has 1 atom stereocenters. The number of alkyl halides is 3. The van der Waals surface area contributed by atoms with Gasteiger partial charge in [0.25, 0.3) is 0 Å². The number of hydrogen-bond donors (Lipinski definition) is 2.